The Hall–Kier alpha value is -0.310. The first-order valence-corrected chi connectivity index (χ1v) is 5.64. The van der Waals surface area contributed by atoms with Gasteiger partial charge in [-0.15, -0.1) is 17.9 Å². The molecule has 0 amide bonds. The fraction of sp³-hybridized carbons (Fsp3) is 0.400. The average Bonchev–Trinajstić information content (AvgIpc) is 2.54. The molecule has 0 aliphatic carbocycles. The summed E-state index contributed by atoms with van der Waals surface area (Å²) < 4.78 is 0. The largest absolute Gasteiger partial charge is 0.306 e. The smallest absolute Gasteiger partial charge is 0.0613 e. The van der Waals surface area contributed by atoms with Crippen molar-refractivity contribution in [3.05, 3.63) is 34.0 Å². The topological polar surface area (TPSA) is 12.0 Å². The van der Waals surface area contributed by atoms with Crippen LogP contribution in [0.4, 0.5) is 0 Å². The van der Waals surface area contributed by atoms with E-state index < -0.39 is 0 Å². The van der Waals surface area contributed by atoms with E-state index in [1.165, 1.54) is 0 Å². The molecule has 1 aromatic heterocycles. The highest BCUT2D eigenvalue weighted by molar-refractivity contribution is 7.10. The molecule has 0 radical (unpaired) electrons. The standard InChI is InChI=1S/C10H14ClNS/c1-3-6-12-9(4-2)10-8(11)5-7-13-10/h4-5,7,9,12H,2-3,6H2,1H3. The quantitative estimate of drug-likeness (QED) is 0.740. The minimum atomic E-state index is 0.201. The highest BCUT2D eigenvalue weighted by Gasteiger charge is 2.10. The molecule has 72 valence electrons. The summed E-state index contributed by atoms with van der Waals surface area (Å²) in [4.78, 5) is 1.16. The molecule has 1 N–H and O–H groups in total. The van der Waals surface area contributed by atoms with Crippen molar-refractivity contribution in [2.75, 3.05) is 6.54 Å². The number of hydrogen-bond acceptors (Lipinski definition) is 2. The average molecular weight is 216 g/mol. The Morgan fingerprint density at radius 2 is 2.54 bits per heavy atom. The van der Waals surface area contributed by atoms with Crippen LogP contribution in [0.5, 0.6) is 0 Å². The van der Waals surface area contributed by atoms with E-state index >= 15 is 0 Å². The van der Waals surface area contributed by atoms with Crippen LogP contribution < -0.4 is 5.32 Å². The van der Waals surface area contributed by atoms with Crippen molar-refractivity contribution in [3.63, 3.8) is 0 Å². The molecule has 1 aromatic rings. The van der Waals surface area contributed by atoms with Crippen LogP contribution in [0.15, 0.2) is 24.1 Å². The van der Waals surface area contributed by atoms with E-state index in [0.29, 0.717) is 0 Å². The van der Waals surface area contributed by atoms with Crippen molar-refractivity contribution in [1.82, 2.24) is 5.32 Å². The highest BCUT2D eigenvalue weighted by atomic mass is 35.5. The van der Waals surface area contributed by atoms with E-state index in [1.54, 1.807) is 11.3 Å². The summed E-state index contributed by atoms with van der Waals surface area (Å²) in [7, 11) is 0. The Labute approximate surface area is 88.4 Å². The lowest BCUT2D eigenvalue weighted by Gasteiger charge is -2.12. The van der Waals surface area contributed by atoms with Gasteiger partial charge in [-0.1, -0.05) is 24.6 Å². The summed E-state index contributed by atoms with van der Waals surface area (Å²) >= 11 is 7.68. The van der Waals surface area contributed by atoms with Crippen LogP contribution >= 0.6 is 22.9 Å². The maximum Gasteiger partial charge on any atom is 0.0613 e. The molecule has 0 saturated carbocycles. The van der Waals surface area contributed by atoms with Gasteiger partial charge in [0.25, 0.3) is 0 Å². The highest BCUT2D eigenvalue weighted by Crippen LogP contribution is 2.28. The zero-order valence-electron chi connectivity index (χ0n) is 7.72. The van der Waals surface area contributed by atoms with Crippen molar-refractivity contribution < 1.29 is 0 Å². The summed E-state index contributed by atoms with van der Waals surface area (Å²) in [6.45, 7) is 6.93. The number of rotatable bonds is 5. The zero-order chi connectivity index (χ0) is 9.68. The first-order chi connectivity index (χ1) is 6.29. The van der Waals surface area contributed by atoms with Gasteiger partial charge in [0, 0.05) is 4.88 Å². The van der Waals surface area contributed by atoms with Gasteiger partial charge in [-0.25, -0.2) is 0 Å². The maximum absolute atomic E-state index is 6.01. The van der Waals surface area contributed by atoms with E-state index in [9.17, 15) is 0 Å². The molecule has 3 heteroatoms. The Bertz CT molecular complexity index is 270. The minimum Gasteiger partial charge on any atom is -0.306 e. The predicted octanol–water partition coefficient (Wildman–Crippen LogP) is 3.63. The van der Waals surface area contributed by atoms with Crippen LogP contribution in [-0.4, -0.2) is 6.54 Å². The second-order valence-corrected chi connectivity index (χ2v) is 4.16. The molecule has 0 aromatic carbocycles. The Morgan fingerprint density at radius 1 is 1.77 bits per heavy atom. The summed E-state index contributed by atoms with van der Waals surface area (Å²) in [5, 5.41) is 6.20. The van der Waals surface area contributed by atoms with E-state index in [4.69, 9.17) is 11.6 Å². The molecule has 1 rings (SSSR count). The fourth-order valence-electron chi connectivity index (χ4n) is 1.11. The Kier molecular flexibility index (Phi) is 4.50. The Balaban J connectivity index is 2.66. The molecule has 13 heavy (non-hydrogen) atoms. The Morgan fingerprint density at radius 3 is 3.00 bits per heavy atom. The normalized spacial score (nSPS) is 12.8. The second kappa shape index (κ2) is 5.43. The van der Waals surface area contributed by atoms with Gasteiger partial charge >= 0.3 is 0 Å². The van der Waals surface area contributed by atoms with Crippen molar-refractivity contribution in [2.24, 2.45) is 0 Å². The summed E-state index contributed by atoms with van der Waals surface area (Å²) in [5.74, 6) is 0. The molecule has 1 unspecified atom stereocenters. The van der Waals surface area contributed by atoms with Crippen molar-refractivity contribution in [2.45, 2.75) is 19.4 Å². The first-order valence-electron chi connectivity index (χ1n) is 4.38. The van der Waals surface area contributed by atoms with Crippen LogP contribution in [0.1, 0.15) is 24.3 Å². The van der Waals surface area contributed by atoms with Crippen LogP contribution in [0.3, 0.4) is 0 Å². The lowest BCUT2D eigenvalue weighted by Crippen LogP contribution is -2.19. The molecule has 0 aliphatic heterocycles. The summed E-state index contributed by atoms with van der Waals surface area (Å²) in [6.07, 6.45) is 3.01. The fourth-order valence-corrected chi connectivity index (χ4v) is 2.36. The molecular weight excluding hydrogens is 202 g/mol. The van der Waals surface area contributed by atoms with Gasteiger partial charge in [0.15, 0.2) is 0 Å². The SMILES string of the molecule is C=CC(NCCC)c1sccc1Cl. The van der Waals surface area contributed by atoms with E-state index in [1.807, 2.05) is 17.5 Å². The van der Waals surface area contributed by atoms with Gasteiger partial charge < -0.3 is 5.32 Å². The predicted molar refractivity (Wildman–Crippen MR) is 60.6 cm³/mol. The van der Waals surface area contributed by atoms with E-state index in [-0.39, 0.29) is 6.04 Å². The molecular formula is C10H14ClNS. The molecule has 1 nitrogen and oxygen atoms in total. The van der Waals surface area contributed by atoms with Crippen LogP contribution in [-0.2, 0) is 0 Å². The number of halogens is 1. The number of thiophene rings is 1. The lowest BCUT2D eigenvalue weighted by atomic mass is 10.2. The lowest BCUT2D eigenvalue weighted by molar-refractivity contribution is 0.621. The monoisotopic (exact) mass is 215 g/mol. The molecule has 0 bridgehead atoms. The maximum atomic E-state index is 6.01. The van der Waals surface area contributed by atoms with Gasteiger partial charge in [-0.2, -0.15) is 0 Å². The van der Waals surface area contributed by atoms with Crippen LogP contribution in [0.2, 0.25) is 5.02 Å². The van der Waals surface area contributed by atoms with Gasteiger partial charge in [-0.05, 0) is 24.4 Å². The van der Waals surface area contributed by atoms with Gasteiger partial charge in [-0.3, -0.25) is 0 Å². The van der Waals surface area contributed by atoms with Crippen molar-refractivity contribution in [3.8, 4) is 0 Å². The van der Waals surface area contributed by atoms with Crippen LogP contribution in [0, 0.1) is 0 Å². The van der Waals surface area contributed by atoms with E-state index in [0.717, 1.165) is 22.9 Å². The molecule has 1 atom stereocenters. The number of nitrogens with one attached hydrogen (secondary N) is 1. The van der Waals surface area contributed by atoms with E-state index in [2.05, 4.69) is 18.8 Å². The van der Waals surface area contributed by atoms with Gasteiger partial charge in [0.1, 0.15) is 0 Å². The van der Waals surface area contributed by atoms with Crippen molar-refractivity contribution >= 4 is 22.9 Å². The van der Waals surface area contributed by atoms with Gasteiger partial charge in [0.2, 0.25) is 0 Å². The molecule has 0 saturated heterocycles. The summed E-state index contributed by atoms with van der Waals surface area (Å²) in [5.41, 5.74) is 0. The molecule has 0 spiro atoms. The third-order valence-corrected chi connectivity index (χ3v) is 3.22. The zero-order valence-corrected chi connectivity index (χ0v) is 9.29. The van der Waals surface area contributed by atoms with Crippen molar-refractivity contribution in [1.29, 1.82) is 0 Å². The second-order valence-electron chi connectivity index (χ2n) is 2.80. The molecule has 0 fully saturated rings. The molecule has 1 heterocycles. The summed E-state index contributed by atoms with van der Waals surface area (Å²) in [6, 6.07) is 2.12. The van der Waals surface area contributed by atoms with Gasteiger partial charge in [0.05, 0.1) is 11.1 Å². The first kappa shape index (κ1) is 10.8. The number of hydrogen-bond donors (Lipinski definition) is 1. The minimum absolute atomic E-state index is 0.201. The molecule has 0 aliphatic rings. The third-order valence-electron chi connectivity index (χ3n) is 1.78. The third kappa shape index (κ3) is 2.83. The van der Waals surface area contributed by atoms with Crippen LogP contribution in [0.25, 0.3) is 0 Å².